The molecular weight excluding hydrogens is 374 g/mol. The van der Waals surface area contributed by atoms with E-state index in [4.69, 9.17) is 0 Å². The first-order chi connectivity index (χ1) is 14.6. The van der Waals surface area contributed by atoms with Crippen LogP contribution in [0.4, 0.5) is 5.82 Å². The lowest BCUT2D eigenvalue weighted by Crippen LogP contribution is -2.31. The molecule has 1 saturated heterocycles. The van der Waals surface area contributed by atoms with Gasteiger partial charge < -0.3 is 9.88 Å². The topological polar surface area (TPSA) is 65.1 Å². The van der Waals surface area contributed by atoms with E-state index in [9.17, 15) is 4.79 Å². The van der Waals surface area contributed by atoms with Crippen LogP contribution in [0.5, 0.6) is 0 Å². The number of H-pyrrole nitrogens is 1. The van der Waals surface area contributed by atoms with Gasteiger partial charge in [0.2, 0.25) is 0 Å². The van der Waals surface area contributed by atoms with Gasteiger partial charge in [0.25, 0.3) is 5.56 Å². The summed E-state index contributed by atoms with van der Waals surface area (Å²) in [6, 6.07) is 14.2. The van der Waals surface area contributed by atoms with Gasteiger partial charge in [-0.1, -0.05) is 31.2 Å². The Morgan fingerprint density at radius 3 is 2.70 bits per heavy atom. The molecule has 3 heterocycles. The number of nitrogens with zero attached hydrogens (tertiary/aromatic N) is 4. The standard InChI is InChI=1S/C24H29N5O/c1-3-21-15-23(30)27-24(26-21)19-9-10-22(25-16-19)29-12-6-11-28(13-14-29)17-20-8-5-4-7-18(20)2/h4-5,7-10,15-16H,3,6,11-14,17H2,1-2H3,(H,26,27,30). The zero-order valence-electron chi connectivity index (χ0n) is 17.8. The Labute approximate surface area is 177 Å². The summed E-state index contributed by atoms with van der Waals surface area (Å²) in [7, 11) is 0. The van der Waals surface area contributed by atoms with Gasteiger partial charge in [-0.25, -0.2) is 9.97 Å². The molecule has 0 atom stereocenters. The van der Waals surface area contributed by atoms with Crippen LogP contribution >= 0.6 is 0 Å². The Hall–Kier alpha value is -2.99. The summed E-state index contributed by atoms with van der Waals surface area (Å²) >= 11 is 0. The molecule has 6 heteroatoms. The Kier molecular flexibility index (Phi) is 6.23. The quantitative estimate of drug-likeness (QED) is 0.707. The van der Waals surface area contributed by atoms with Gasteiger partial charge >= 0.3 is 0 Å². The molecule has 0 aliphatic carbocycles. The lowest BCUT2D eigenvalue weighted by molar-refractivity contribution is 0.285. The molecule has 1 aliphatic rings. The van der Waals surface area contributed by atoms with E-state index in [0.29, 0.717) is 5.82 Å². The first-order valence-electron chi connectivity index (χ1n) is 10.7. The highest BCUT2D eigenvalue weighted by Gasteiger charge is 2.17. The molecule has 30 heavy (non-hydrogen) atoms. The maximum Gasteiger partial charge on any atom is 0.251 e. The van der Waals surface area contributed by atoms with Gasteiger partial charge in [0, 0.05) is 56.2 Å². The van der Waals surface area contributed by atoms with Crippen molar-refractivity contribution < 1.29 is 0 Å². The summed E-state index contributed by atoms with van der Waals surface area (Å²) in [6.07, 6.45) is 3.65. The third-order valence-corrected chi connectivity index (χ3v) is 5.75. The Balaban J connectivity index is 1.43. The van der Waals surface area contributed by atoms with Crippen LogP contribution in [0, 0.1) is 6.92 Å². The molecule has 2 aromatic heterocycles. The van der Waals surface area contributed by atoms with Crippen molar-refractivity contribution in [1.29, 1.82) is 0 Å². The van der Waals surface area contributed by atoms with Crippen LogP contribution in [0.2, 0.25) is 0 Å². The van der Waals surface area contributed by atoms with Crippen molar-refractivity contribution >= 4 is 5.82 Å². The fourth-order valence-electron chi connectivity index (χ4n) is 3.93. The molecule has 0 unspecified atom stereocenters. The maximum atomic E-state index is 11.8. The third-order valence-electron chi connectivity index (χ3n) is 5.75. The Bertz CT molecular complexity index is 1040. The summed E-state index contributed by atoms with van der Waals surface area (Å²) in [5.74, 6) is 1.56. The number of nitrogens with one attached hydrogen (secondary N) is 1. The lowest BCUT2D eigenvalue weighted by Gasteiger charge is -2.23. The highest BCUT2D eigenvalue weighted by atomic mass is 16.1. The number of aryl methyl sites for hydroxylation is 2. The second kappa shape index (κ2) is 9.22. The van der Waals surface area contributed by atoms with Crippen molar-refractivity contribution in [2.24, 2.45) is 0 Å². The van der Waals surface area contributed by atoms with E-state index < -0.39 is 0 Å². The molecule has 0 bridgehead atoms. The van der Waals surface area contributed by atoms with E-state index in [-0.39, 0.29) is 5.56 Å². The van der Waals surface area contributed by atoms with Crippen LogP contribution in [-0.2, 0) is 13.0 Å². The zero-order chi connectivity index (χ0) is 20.9. The van der Waals surface area contributed by atoms with Crippen molar-refractivity contribution in [2.45, 2.75) is 33.2 Å². The highest BCUT2D eigenvalue weighted by molar-refractivity contribution is 5.56. The van der Waals surface area contributed by atoms with Crippen LogP contribution in [0.3, 0.4) is 0 Å². The highest BCUT2D eigenvalue weighted by Crippen LogP contribution is 2.20. The minimum Gasteiger partial charge on any atom is -0.355 e. The van der Waals surface area contributed by atoms with Gasteiger partial charge in [-0.3, -0.25) is 9.69 Å². The largest absolute Gasteiger partial charge is 0.355 e. The van der Waals surface area contributed by atoms with E-state index in [1.807, 2.05) is 25.3 Å². The molecule has 1 N–H and O–H groups in total. The Morgan fingerprint density at radius 2 is 1.93 bits per heavy atom. The minimum atomic E-state index is -0.123. The molecule has 6 nitrogen and oxygen atoms in total. The number of rotatable bonds is 5. The average molecular weight is 404 g/mol. The summed E-state index contributed by atoms with van der Waals surface area (Å²) < 4.78 is 0. The van der Waals surface area contributed by atoms with E-state index in [0.717, 1.165) is 62.6 Å². The van der Waals surface area contributed by atoms with Crippen molar-refractivity contribution in [1.82, 2.24) is 19.9 Å². The van der Waals surface area contributed by atoms with E-state index in [2.05, 4.69) is 55.9 Å². The molecule has 0 spiro atoms. The summed E-state index contributed by atoms with van der Waals surface area (Å²) in [6.45, 7) is 9.25. The number of aromatic nitrogens is 3. The maximum absolute atomic E-state index is 11.8. The molecule has 156 valence electrons. The molecule has 0 amide bonds. The van der Waals surface area contributed by atoms with Crippen LogP contribution < -0.4 is 10.5 Å². The van der Waals surface area contributed by atoms with E-state index in [1.54, 1.807) is 6.07 Å². The molecule has 3 aromatic rings. The molecule has 1 fully saturated rings. The van der Waals surface area contributed by atoms with E-state index >= 15 is 0 Å². The van der Waals surface area contributed by atoms with Gasteiger partial charge in [0.05, 0.1) is 0 Å². The molecular formula is C24H29N5O. The zero-order valence-corrected chi connectivity index (χ0v) is 17.8. The van der Waals surface area contributed by atoms with Gasteiger partial charge in [-0.2, -0.15) is 0 Å². The van der Waals surface area contributed by atoms with Crippen LogP contribution in [0.15, 0.2) is 53.5 Å². The van der Waals surface area contributed by atoms with Crippen LogP contribution in [0.25, 0.3) is 11.4 Å². The summed E-state index contributed by atoms with van der Waals surface area (Å²) in [4.78, 5) is 28.7. The van der Waals surface area contributed by atoms with Gasteiger partial charge in [-0.05, 0) is 43.0 Å². The fourth-order valence-corrected chi connectivity index (χ4v) is 3.93. The summed E-state index contributed by atoms with van der Waals surface area (Å²) in [5.41, 5.74) is 4.27. The van der Waals surface area contributed by atoms with Crippen molar-refractivity contribution in [3.8, 4) is 11.4 Å². The first-order valence-corrected chi connectivity index (χ1v) is 10.7. The van der Waals surface area contributed by atoms with Crippen LogP contribution in [-0.4, -0.2) is 46.0 Å². The van der Waals surface area contributed by atoms with Crippen LogP contribution in [0.1, 0.15) is 30.2 Å². The normalized spacial score (nSPS) is 15.2. The number of hydrogen-bond acceptors (Lipinski definition) is 5. The summed E-state index contributed by atoms with van der Waals surface area (Å²) in [5, 5.41) is 0. The van der Waals surface area contributed by atoms with Gasteiger partial charge in [0.1, 0.15) is 11.6 Å². The number of anilines is 1. The number of pyridine rings is 1. The van der Waals surface area contributed by atoms with Crippen molar-refractivity contribution in [3.05, 3.63) is 75.8 Å². The second-order valence-corrected chi connectivity index (χ2v) is 7.89. The molecule has 1 aliphatic heterocycles. The molecule has 0 radical (unpaired) electrons. The van der Waals surface area contributed by atoms with Gasteiger partial charge in [-0.15, -0.1) is 0 Å². The number of hydrogen-bond donors (Lipinski definition) is 1. The fraction of sp³-hybridized carbons (Fsp3) is 0.375. The predicted octanol–water partition coefficient (Wildman–Crippen LogP) is 3.42. The van der Waals surface area contributed by atoms with Gasteiger partial charge in [0.15, 0.2) is 0 Å². The number of aromatic amines is 1. The van der Waals surface area contributed by atoms with Crippen molar-refractivity contribution in [3.63, 3.8) is 0 Å². The molecule has 4 rings (SSSR count). The third kappa shape index (κ3) is 4.76. The monoisotopic (exact) mass is 403 g/mol. The number of benzene rings is 1. The smallest absolute Gasteiger partial charge is 0.251 e. The van der Waals surface area contributed by atoms with Crippen molar-refractivity contribution in [2.75, 3.05) is 31.1 Å². The van der Waals surface area contributed by atoms with E-state index in [1.165, 1.54) is 11.1 Å². The minimum absolute atomic E-state index is 0.123. The lowest BCUT2D eigenvalue weighted by atomic mass is 10.1. The molecule has 1 aromatic carbocycles. The predicted molar refractivity (Wildman–Crippen MR) is 121 cm³/mol. The average Bonchev–Trinajstić information content (AvgIpc) is 3.00. The second-order valence-electron chi connectivity index (χ2n) is 7.89. The Morgan fingerprint density at radius 1 is 1.07 bits per heavy atom. The molecule has 0 saturated carbocycles. The first kappa shape index (κ1) is 20.3. The SMILES string of the molecule is CCc1cc(=O)[nH]c(-c2ccc(N3CCCN(Cc4ccccc4C)CC3)nc2)n1.